The van der Waals surface area contributed by atoms with E-state index in [1.807, 2.05) is 0 Å². The number of nitrogens with zero attached hydrogens (tertiary/aromatic N) is 2. The van der Waals surface area contributed by atoms with Crippen molar-refractivity contribution in [3.05, 3.63) is 40.3 Å². The molecule has 8 heteroatoms. The summed E-state index contributed by atoms with van der Waals surface area (Å²) in [5, 5.41) is 7.94. The largest absolute Gasteiger partial charge is 0.483 e. The predicted octanol–water partition coefficient (Wildman–Crippen LogP) is 2.81. The van der Waals surface area contributed by atoms with Crippen LogP contribution in [0.25, 0.3) is 0 Å². The Labute approximate surface area is 134 Å². The molecule has 1 aromatic carbocycles. The van der Waals surface area contributed by atoms with Gasteiger partial charge in [0.05, 0.1) is 17.7 Å². The van der Waals surface area contributed by atoms with E-state index in [9.17, 15) is 4.39 Å². The molecule has 6 nitrogen and oxygen atoms in total. The van der Waals surface area contributed by atoms with Crippen molar-refractivity contribution in [3.8, 4) is 5.75 Å². The number of aromatic nitrogens is 2. The summed E-state index contributed by atoms with van der Waals surface area (Å²) in [7, 11) is 1.58. The van der Waals surface area contributed by atoms with Crippen molar-refractivity contribution in [3.63, 3.8) is 0 Å². The van der Waals surface area contributed by atoms with Gasteiger partial charge in [0.25, 0.3) is 11.8 Å². The molecule has 22 heavy (non-hydrogen) atoms. The number of halogens is 2. The summed E-state index contributed by atoms with van der Waals surface area (Å²) in [6.45, 7) is 0.995. The fraction of sp³-hybridized carbons (Fsp3) is 0.429. The molecule has 0 spiro atoms. The molecule has 1 aromatic heterocycles. The minimum Gasteiger partial charge on any atom is -0.483 e. The Kier molecular flexibility index (Phi) is 4.42. The van der Waals surface area contributed by atoms with Gasteiger partial charge in [0.1, 0.15) is 11.6 Å². The van der Waals surface area contributed by atoms with Crippen LogP contribution in [0.2, 0.25) is 0 Å². The second-order valence-electron chi connectivity index (χ2n) is 4.84. The summed E-state index contributed by atoms with van der Waals surface area (Å²) >= 11 is 3.13. The van der Waals surface area contributed by atoms with Gasteiger partial charge < -0.3 is 18.6 Å². The summed E-state index contributed by atoms with van der Waals surface area (Å²) in [5.41, 5.74) is -0.690. The first kappa shape index (κ1) is 15.4. The highest BCUT2D eigenvalue weighted by atomic mass is 79.9. The highest BCUT2D eigenvalue weighted by molar-refractivity contribution is 9.10. The third-order valence-corrected chi connectivity index (χ3v) is 4.27. The van der Waals surface area contributed by atoms with Gasteiger partial charge in [-0.3, -0.25) is 0 Å². The van der Waals surface area contributed by atoms with E-state index in [0.29, 0.717) is 31.3 Å². The van der Waals surface area contributed by atoms with Crippen molar-refractivity contribution >= 4 is 15.9 Å². The number of ether oxygens (including phenoxy) is 3. The smallest absolute Gasteiger partial charge is 0.254 e. The van der Waals surface area contributed by atoms with Crippen LogP contribution in [0.3, 0.4) is 0 Å². The van der Waals surface area contributed by atoms with Gasteiger partial charge in [-0.15, -0.1) is 10.2 Å². The number of methoxy groups -OCH3 is 1. The molecule has 0 amide bonds. The lowest BCUT2D eigenvalue weighted by atomic mass is 10.0. The van der Waals surface area contributed by atoms with Gasteiger partial charge in [0.15, 0.2) is 12.2 Å². The van der Waals surface area contributed by atoms with E-state index in [-0.39, 0.29) is 17.0 Å². The molecule has 2 heterocycles. The van der Waals surface area contributed by atoms with Crippen molar-refractivity contribution in [1.82, 2.24) is 10.2 Å². The third kappa shape index (κ3) is 2.86. The summed E-state index contributed by atoms with van der Waals surface area (Å²) in [4.78, 5) is 0. The zero-order valence-corrected chi connectivity index (χ0v) is 13.4. The lowest BCUT2D eigenvalue weighted by Crippen LogP contribution is -2.29. The molecular formula is C14H14BrFN2O4. The van der Waals surface area contributed by atoms with Crippen LogP contribution >= 0.6 is 15.9 Å². The van der Waals surface area contributed by atoms with Crippen LogP contribution in [-0.4, -0.2) is 30.5 Å². The Morgan fingerprint density at radius 2 is 2.27 bits per heavy atom. The van der Waals surface area contributed by atoms with Crippen LogP contribution in [0.4, 0.5) is 4.39 Å². The molecule has 1 aliphatic rings. The van der Waals surface area contributed by atoms with Crippen LogP contribution in [-0.2, 0) is 21.7 Å². The minimum atomic E-state index is -0.690. The van der Waals surface area contributed by atoms with Crippen molar-refractivity contribution in [2.24, 2.45) is 0 Å². The van der Waals surface area contributed by atoms with E-state index in [0.717, 1.165) is 0 Å². The van der Waals surface area contributed by atoms with Gasteiger partial charge >= 0.3 is 0 Å². The zero-order chi connectivity index (χ0) is 15.6. The van der Waals surface area contributed by atoms with E-state index in [1.165, 1.54) is 6.07 Å². The van der Waals surface area contributed by atoms with Crippen LogP contribution in [0.5, 0.6) is 5.75 Å². The van der Waals surface area contributed by atoms with Crippen LogP contribution in [0, 0.1) is 5.82 Å². The van der Waals surface area contributed by atoms with Crippen LogP contribution in [0.1, 0.15) is 18.2 Å². The second kappa shape index (κ2) is 6.31. The van der Waals surface area contributed by atoms with Gasteiger partial charge in [-0.25, -0.2) is 4.39 Å². The highest BCUT2D eigenvalue weighted by Crippen LogP contribution is 2.33. The first-order valence-corrected chi connectivity index (χ1v) is 7.46. The first-order chi connectivity index (χ1) is 10.6. The maximum atomic E-state index is 13.4. The topological polar surface area (TPSA) is 66.6 Å². The van der Waals surface area contributed by atoms with Crippen molar-refractivity contribution in [2.45, 2.75) is 18.6 Å². The van der Waals surface area contributed by atoms with Gasteiger partial charge in [0.2, 0.25) is 0 Å². The van der Waals surface area contributed by atoms with Gasteiger partial charge in [-0.2, -0.15) is 0 Å². The van der Waals surface area contributed by atoms with Gasteiger partial charge in [0, 0.05) is 13.5 Å². The normalized spacial score (nSPS) is 21.2. The first-order valence-electron chi connectivity index (χ1n) is 6.67. The molecule has 1 atom stereocenters. The lowest BCUT2D eigenvalue weighted by molar-refractivity contribution is -0.0420. The molecule has 0 N–H and O–H groups in total. The van der Waals surface area contributed by atoms with Gasteiger partial charge in [-0.1, -0.05) is 6.07 Å². The van der Waals surface area contributed by atoms with E-state index >= 15 is 0 Å². The molecule has 1 aliphatic heterocycles. The minimum absolute atomic E-state index is 0.0374. The third-order valence-electron chi connectivity index (χ3n) is 3.50. The Bertz CT molecular complexity index is 658. The maximum absolute atomic E-state index is 13.4. The number of rotatable bonds is 5. The lowest BCUT2D eigenvalue weighted by Gasteiger charge is -2.20. The Morgan fingerprint density at radius 3 is 3.00 bits per heavy atom. The molecular weight excluding hydrogens is 359 g/mol. The van der Waals surface area contributed by atoms with Crippen molar-refractivity contribution in [2.75, 3.05) is 20.3 Å². The van der Waals surface area contributed by atoms with Gasteiger partial charge in [-0.05, 0) is 28.1 Å². The van der Waals surface area contributed by atoms with E-state index in [4.69, 9.17) is 18.6 Å². The van der Waals surface area contributed by atoms with E-state index < -0.39 is 11.4 Å². The summed E-state index contributed by atoms with van der Waals surface area (Å²) in [6.07, 6.45) is 0.654. The van der Waals surface area contributed by atoms with Crippen LogP contribution in [0.15, 0.2) is 27.1 Å². The molecule has 3 rings (SSSR count). The summed E-state index contributed by atoms with van der Waals surface area (Å²) in [5.74, 6) is 0.620. The Hall–Kier alpha value is -1.51. The molecule has 0 radical (unpaired) electrons. The average Bonchev–Trinajstić information content (AvgIpc) is 3.18. The Balaban J connectivity index is 1.71. The maximum Gasteiger partial charge on any atom is 0.254 e. The fourth-order valence-corrected chi connectivity index (χ4v) is 2.57. The Morgan fingerprint density at radius 1 is 1.41 bits per heavy atom. The highest BCUT2D eigenvalue weighted by Gasteiger charge is 2.42. The quantitative estimate of drug-likeness (QED) is 0.803. The van der Waals surface area contributed by atoms with E-state index in [2.05, 4.69) is 26.1 Å². The molecule has 118 valence electrons. The second-order valence-corrected chi connectivity index (χ2v) is 5.64. The molecule has 0 saturated carbocycles. The molecule has 0 aliphatic carbocycles. The summed E-state index contributed by atoms with van der Waals surface area (Å²) in [6, 6.07) is 4.54. The summed E-state index contributed by atoms with van der Waals surface area (Å²) < 4.78 is 35.6. The average molecular weight is 373 g/mol. The SMILES string of the molecule is COC1(c2nnc(COc3cccc(F)c3Br)o2)CCOC1. The number of hydrogen-bond acceptors (Lipinski definition) is 6. The zero-order valence-electron chi connectivity index (χ0n) is 11.8. The predicted molar refractivity (Wildman–Crippen MR) is 76.9 cm³/mol. The molecule has 1 unspecified atom stereocenters. The standard InChI is InChI=1S/C14H14BrFN2O4/c1-19-14(5-6-20-8-14)13-18-17-11(22-13)7-21-10-4-2-3-9(16)12(10)15/h2-4H,5-8H2,1H3. The van der Waals surface area contributed by atoms with Crippen LogP contribution < -0.4 is 4.74 Å². The monoisotopic (exact) mass is 372 g/mol. The van der Waals surface area contributed by atoms with Crippen molar-refractivity contribution < 1.29 is 23.0 Å². The van der Waals surface area contributed by atoms with Crippen molar-refractivity contribution in [1.29, 1.82) is 0 Å². The fourth-order valence-electron chi connectivity index (χ4n) is 2.19. The molecule has 0 bridgehead atoms. The molecule has 1 saturated heterocycles. The van der Waals surface area contributed by atoms with E-state index in [1.54, 1.807) is 19.2 Å². The number of hydrogen-bond donors (Lipinski definition) is 0. The molecule has 2 aromatic rings. The number of benzene rings is 1. The molecule has 1 fully saturated rings.